The molecule has 0 unspecified atom stereocenters. The zero-order chi connectivity index (χ0) is 19.5. The molecule has 150 valence electrons. The number of rotatable bonds is 6. The van der Waals surface area contributed by atoms with E-state index in [0.717, 1.165) is 32.3 Å². The summed E-state index contributed by atoms with van der Waals surface area (Å²) in [5.74, 6) is 0.0166. The van der Waals surface area contributed by atoms with E-state index in [4.69, 9.17) is 9.72 Å². The molecule has 1 saturated carbocycles. The van der Waals surface area contributed by atoms with Crippen LogP contribution in [0.15, 0.2) is 34.2 Å². The smallest absolute Gasteiger partial charge is 0.262 e. The van der Waals surface area contributed by atoms with Gasteiger partial charge in [-0.1, -0.05) is 36.7 Å². The fourth-order valence-corrected chi connectivity index (χ4v) is 4.92. The van der Waals surface area contributed by atoms with Gasteiger partial charge in [0.2, 0.25) is 5.91 Å². The lowest BCUT2D eigenvalue weighted by molar-refractivity contribution is -0.120. The number of nitrogens with zero attached hydrogens (tertiary/aromatic N) is 2. The van der Waals surface area contributed by atoms with E-state index in [9.17, 15) is 9.59 Å². The van der Waals surface area contributed by atoms with Gasteiger partial charge < -0.3 is 10.1 Å². The SMILES string of the molecule is C[C@@H](Sc1nc2ccccc2c(=O)n1C[C@@H]1CCCO1)C(=O)NC1CCCC1. The summed E-state index contributed by atoms with van der Waals surface area (Å²) in [5, 5.41) is 4.02. The van der Waals surface area contributed by atoms with E-state index in [-0.39, 0.29) is 28.9 Å². The number of thioether (sulfide) groups is 1. The highest BCUT2D eigenvalue weighted by Crippen LogP contribution is 2.25. The maximum absolute atomic E-state index is 13.1. The monoisotopic (exact) mass is 401 g/mol. The summed E-state index contributed by atoms with van der Waals surface area (Å²) in [5.41, 5.74) is 0.606. The molecular weight excluding hydrogens is 374 g/mol. The van der Waals surface area contributed by atoms with Gasteiger partial charge in [0.1, 0.15) is 0 Å². The minimum atomic E-state index is -0.315. The first-order chi connectivity index (χ1) is 13.6. The quantitative estimate of drug-likeness (QED) is 0.595. The third-order valence-corrected chi connectivity index (χ3v) is 6.68. The van der Waals surface area contributed by atoms with Crippen molar-refractivity contribution >= 4 is 28.6 Å². The highest BCUT2D eigenvalue weighted by molar-refractivity contribution is 8.00. The summed E-state index contributed by atoms with van der Waals surface area (Å²) >= 11 is 1.36. The van der Waals surface area contributed by atoms with Crippen molar-refractivity contribution in [3.8, 4) is 0 Å². The van der Waals surface area contributed by atoms with E-state index in [2.05, 4.69) is 5.32 Å². The van der Waals surface area contributed by atoms with E-state index in [1.54, 1.807) is 10.6 Å². The number of carbonyl (C=O) groups excluding carboxylic acids is 1. The van der Waals surface area contributed by atoms with E-state index in [1.165, 1.54) is 24.6 Å². The van der Waals surface area contributed by atoms with Crippen molar-refractivity contribution in [1.29, 1.82) is 0 Å². The molecule has 0 radical (unpaired) electrons. The number of hydrogen-bond acceptors (Lipinski definition) is 5. The van der Waals surface area contributed by atoms with E-state index < -0.39 is 0 Å². The molecule has 1 aliphatic heterocycles. The lowest BCUT2D eigenvalue weighted by Gasteiger charge is -2.19. The molecule has 2 heterocycles. The van der Waals surface area contributed by atoms with Gasteiger partial charge in [-0.15, -0.1) is 0 Å². The zero-order valence-electron chi connectivity index (χ0n) is 16.2. The number of ether oxygens (including phenoxy) is 1. The molecule has 0 spiro atoms. The summed E-state index contributed by atoms with van der Waals surface area (Å²) in [6.45, 7) is 3.10. The third-order valence-electron chi connectivity index (χ3n) is 5.59. The molecule has 7 heteroatoms. The highest BCUT2D eigenvalue weighted by Gasteiger charge is 2.25. The molecule has 2 atom stereocenters. The molecule has 2 fully saturated rings. The molecule has 6 nitrogen and oxygen atoms in total. The topological polar surface area (TPSA) is 73.2 Å². The third kappa shape index (κ3) is 4.25. The Morgan fingerprint density at radius 3 is 2.82 bits per heavy atom. The first kappa shape index (κ1) is 19.5. The van der Waals surface area contributed by atoms with Gasteiger partial charge in [0.05, 0.1) is 28.8 Å². The highest BCUT2D eigenvalue weighted by atomic mass is 32.2. The molecule has 2 aliphatic rings. The molecule has 0 bridgehead atoms. The van der Waals surface area contributed by atoms with Gasteiger partial charge in [-0.25, -0.2) is 4.98 Å². The van der Waals surface area contributed by atoms with Gasteiger partial charge in [-0.2, -0.15) is 0 Å². The lowest BCUT2D eigenvalue weighted by Crippen LogP contribution is -2.38. The van der Waals surface area contributed by atoms with Crippen molar-refractivity contribution in [2.24, 2.45) is 0 Å². The number of nitrogens with one attached hydrogen (secondary N) is 1. The predicted octanol–water partition coefficient (Wildman–Crippen LogP) is 3.11. The van der Waals surface area contributed by atoms with Crippen LogP contribution in [-0.2, 0) is 16.1 Å². The first-order valence-electron chi connectivity index (χ1n) is 10.2. The number of amides is 1. The molecule has 1 N–H and O–H groups in total. The number of hydrogen-bond donors (Lipinski definition) is 1. The van der Waals surface area contributed by atoms with Crippen molar-refractivity contribution in [3.05, 3.63) is 34.6 Å². The Bertz CT molecular complexity index is 901. The number of para-hydroxylation sites is 1. The van der Waals surface area contributed by atoms with Crippen molar-refractivity contribution in [2.45, 2.75) is 74.5 Å². The number of aromatic nitrogens is 2. The maximum Gasteiger partial charge on any atom is 0.262 e. The molecule has 2 aromatic rings. The van der Waals surface area contributed by atoms with Crippen LogP contribution in [0, 0.1) is 0 Å². The normalized spacial score (nSPS) is 21.2. The van der Waals surface area contributed by atoms with Gasteiger partial charge in [0, 0.05) is 12.6 Å². The minimum Gasteiger partial charge on any atom is -0.376 e. The van der Waals surface area contributed by atoms with Crippen LogP contribution in [0.3, 0.4) is 0 Å². The van der Waals surface area contributed by atoms with Crippen molar-refractivity contribution in [1.82, 2.24) is 14.9 Å². The summed E-state index contributed by atoms with van der Waals surface area (Å²) in [6.07, 6.45) is 6.47. The molecule has 1 amide bonds. The molecule has 1 aliphatic carbocycles. The molecule has 1 saturated heterocycles. The number of carbonyl (C=O) groups is 1. The second kappa shape index (κ2) is 8.66. The Hall–Kier alpha value is -1.86. The Balaban J connectivity index is 1.60. The van der Waals surface area contributed by atoms with Gasteiger partial charge in [0.25, 0.3) is 5.56 Å². The van der Waals surface area contributed by atoms with E-state index in [1.807, 2.05) is 25.1 Å². The van der Waals surface area contributed by atoms with Crippen LogP contribution >= 0.6 is 11.8 Å². The van der Waals surface area contributed by atoms with Crippen LogP contribution in [-0.4, -0.2) is 39.5 Å². The van der Waals surface area contributed by atoms with E-state index in [0.29, 0.717) is 22.6 Å². The van der Waals surface area contributed by atoms with Crippen LogP contribution in [0.1, 0.15) is 45.4 Å². The van der Waals surface area contributed by atoms with Gasteiger partial charge in [-0.3, -0.25) is 14.2 Å². The summed E-state index contributed by atoms with van der Waals surface area (Å²) in [6, 6.07) is 7.67. The summed E-state index contributed by atoms with van der Waals surface area (Å²) < 4.78 is 7.44. The number of fused-ring (bicyclic) bond motifs is 1. The fourth-order valence-electron chi connectivity index (χ4n) is 3.99. The predicted molar refractivity (Wildman–Crippen MR) is 111 cm³/mol. The molecule has 1 aromatic heterocycles. The second-order valence-electron chi connectivity index (χ2n) is 7.71. The Kier molecular flexibility index (Phi) is 6.01. The number of benzene rings is 1. The van der Waals surface area contributed by atoms with Crippen LogP contribution in [0.5, 0.6) is 0 Å². The Morgan fingerprint density at radius 2 is 2.07 bits per heavy atom. The van der Waals surface area contributed by atoms with Crippen molar-refractivity contribution in [2.75, 3.05) is 6.61 Å². The minimum absolute atomic E-state index is 0.0166. The lowest BCUT2D eigenvalue weighted by atomic mass is 10.2. The summed E-state index contributed by atoms with van der Waals surface area (Å²) in [4.78, 5) is 30.5. The van der Waals surface area contributed by atoms with E-state index >= 15 is 0 Å². The Labute approximate surface area is 169 Å². The first-order valence-corrected chi connectivity index (χ1v) is 11.1. The van der Waals surface area contributed by atoms with Crippen LogP contribution in [0.2, 0.25) is 0 Å². The van der Waals surface area contributed by atoms with Crippen LogP contribution in [0.25, 0.3) is 10.9 Å². The average molecular weight is 402 g/mol. The van der Waals surface area contributed by atoms with Crippen molar-refractivity contribution < 1.29 is 9.53 Å². The Morgan fingerprint density at radius 1 is 1.29 bits per heavy atom. The maximum atomic E-state index is 13.1. The van der Waals surface area contributed by atoms with Gasteiger partial charge in [-0.05, 0) is 44.7 Å². The van der Waals surface area contributed by atoms with Gasteiger partial charge in [0.15, 0.2) is 5.16 Å². The molecule has 28 heavy (non-hydrogen) atoms. The van der Waals surface area contributed by atoms with Crippen molar-refractivity contribution in [3.63, 3.8) is 0 Å². The molecular formula is C21H27N3O3S. The van der Waals surface area contributed by atoms with Gasteiger partial charge >= 0.3 is 0 Å². The zero-order valence-corrected chi connectivity index (χ0v) is 17.0. The largest absolute Gasteiger partial charge is 0.376 e. The van der Waals surface area contributed by atoms with Crippen LogP contribution in [0.4, 0.5) is 0 Å². The van der Waals surface area contributed by atoms with Crippen LogP contribution < -0.4 is 10.9 Å². The standard InChI is InChI=1S/C21H27N3O3S/c1-14(19(25)22-15-7-2-3-8-15)28-21-23-18-11-5-4-10-17(18)20(26)24(21)13-16-9-6-12-27-16/h4-5,10-11,14-16H,2-3,6-9,12-13H2,1H3,(H,22,25)/t14-,16+/m1/s1. The summed E-state index contributed by atoms with van der Waals surface area (Å²) in [7, 11) is 0. The molecule has 1 aromatic carbocycles. The fraction of sp³-hybridized carbons (Fsp3) is 0.571. The molecule has 4 rings (SSSR count). The average Bonchev–Trinajstić information content (AvgIpc) is 3.39. The second-order valence-corrected chi connectivity index (χ2v) is 9.02.